The lowest BCUT2D eigenvalue weighted by atomic mass is 10.1. The normalized spacial score (nSPS) is 11.0. The molecule has 0 spiro atoms. The standard InChI is InChI=1S/C17H18N2O6S/c1-19(13-6-4-12(5-7-13)17(18)22)26(23,24)15-9-11(10-16(20)21)3-8-14(15)25-2/h3-9H,10H2,1-2H3,(H2,18,22)(H,20,21). The number of carboxylic acids is 1. The van der Waals surface area contributed by atoms with Crippen molar-refractivity contribution in [3.05, 3.63) is 53.6 Å². The number of carboxylic acid groups (broad SMARTS) is 1. The summed E-state index contributed by atoms with van der Waals surface area (Å²) in [5.74, 6) is -1.60. The first-order chi connectivity index (χ1) is 12.2. The molecule has 0 aliphatic rings. The predicted octanol–water partition coefficient (Wildman–Crippen LogP) is 1.25. The average molecular weight is 378 g/mol. The number of nitrogens with two attached hydrogens (primary N) is 1. The molecular weight excluding hydrogens is 360 g/mol. The molecule has 1 amide bonds. The molecule has 0 saturated heterocycles. The number of nitrogens with zero attached hydrogens (tertiary/aromatic N) is 1. The zero-order chi connectivity index (χ0) is 19.5. The van der Waals surface area contributed by atoms with Crippen LogP contribution >= 0.6 is 0 Å². The Hall–Kier alpha value is -3.07. The van der Waals surface area contributed by atoms with Crippen LogP contribution in [0.3, 0.4) is 0 Å². The average Bonchev–Trinajstić information content (AvgIpc) is 2.60. The molecule has 0 saturated carbocycles. The van der Waals surface area contributed by atoms with Crippen LogP contribution in [0.2, 0.25) is 0 Å². The molecule has 0 fully saturated rings. The Labute approximate surface area is 150 Å². The molecule has 0 aliphatic heterocycles. The van der Waals surface area contributed by atoms with Crippen molar-refractivity contribution in [3.8, 4) is 5.75 Å². The van der Waals surface area contributed by atoms with Crippen molar-refractivity contribution in [1.29, 1.82) is 0 Å². The number of methoxy groups -OCH3 is 1. The second-order valence-electron chi connectivity index (χ2n) is 5.44. The number of hydrogen-bond acceptors (Lipinski definition) is 5. The minimum absolute atomic E-state index is 0.0970. The van der Waals surface area contributed by atoms with Crippen molar-refractivity contribution >= 4 is 27.6 Å². The SMILES string of the molecule is COc1ccc(CC(=O)O)cc1S(=O)(=O)N(C)c1ccc(C(N)=O)cc1. The van der Waals surface area contributed by atoms with Crippen LogP contribution in [-0.2, 0) is 21.2 Å². The third-order valence-corrected chi connectivity index (χ3v) is 5.54. The molecule has 2 aromatic rings. The van der Waals surface area contributed by atoms with Crippen LogP contribution in [0.1, 0.15) is 15.9 Å². The molecule has 0 aliphatic carbocycles. The fourth-order valence-corrected chi connectivity index (χ4v) is 3.73. The van der Waals surface area contributed by atoms with Gasteiger partial charge in [-0.2, -0.15) is 0 Å². The van der Waals surface area contributed by atoms with E-state index in [2.05, 4.69) is 0 Å². The Kier molecular flexibility index (Phi) is 5.51. The van der Waals surface area contributed by atoms with Gasteiger partial charge in [0.1, 0.15) is 10.6 Å². The van der Waals surface area contributed by atoms with Crippen molar-refractivity contribution in [2.45, 2.75) is 11.3 Å². The van der Waals surface area contributed by atoms with Gasteiger partial charge in [0.25, 0.3) is 10.0 Å². The van der Waals surface area contributed by atoms with Gasteiger partial charge in [-0.15, -0.1) is 0 Å². The first-order valence-electron chi connectivity index (χ1n) is 7.44. The Morgan fingerprint density at radius 2 is 1.77 bits per heavy atom. The summed E-state index contributed by atoms with van der Waals surface area (Å²) in [5, 5.41) is 8.92. The fraction of sp³-hybridized carbons (Fsp3) is 0.176. The van der Waals surface area contributed by atoms with Crippen molar-refractivity contribution in [2.24, 2.45) is 5.73 Å². The molecule has 9 heteroatoms. The molecule has 138 valence electrons. The number of aliphatic carboxylic acids is 1. The van der Waals surface area contributed by atoms with Crippen LogP contribution in [0, 0.1) is 0 Å². The molecule has 0 bridgehead atoms. The molecule has 0 radical (unpaired) electrons. The maximum absolute atomic E-state index is 13.0. The fourth-order valence-electron chi connectivity index (χ4n) is 2.33. The van der Waals surface area contributed by atoms with E-state index in [-0.39, 0.29) is 22.6 Å². The summed E-state index contributed by atoms with van der Waals surface area (Å²) >= 11 is 0. The van der Waals surface area contributed by atoms with E-state index in [0.717, 1.165) is 4.31 Å². The number of sulfonamides is 1. The monoisotopic (exact) mass is 378 g/mol. The van der Waals surface area contributed by atoms with E-state index in [4.69, 9.17) is 15.6 Å². The minimum Gasteiger partial charge on any atom is -0.495 e. The lowest BCUT2D eigenvalue weighted by molar-refractivity contribution is -0.136. The van der Waals surface area contributed by atoms with Gasteiger partial charge >= 0.3 is 5.97 Å². The van der Waals surface area contributed by atoms with Crippen LogP contribution in [0.15, 0.2) is 47.4 Å². The summed E-state index contributed by atoms with van der Waals surface area (Å²) in [6.07, 6.45) is -0.316. The van der Waals surface area contributed by atoms with Gasteiger partial charge < -0.3 is 15.6 Å². The maximum atomic E-state index is 13.0. The van der Waals surface area contributed by atoms with E-state index in [9.17, 15) is 18.0 Å². The van der Waals surface area contributed by atoms with Gasteiger partial charge in [0.05, 0.1) is 19.2 Å². The molecular formula is C17H18N2O6S. The summed E-state index contributed by atoms with van der Waals surface area (Å²) in [6, 6.07) is 9.92. The zero-order valence-electron chi connectivity index (χ0n) is 14.2. The topological polar surface area (TPSA) is 127 Å². The number of carbonyl (C=O) groups is 2. The van der Waals surface area contributed by atoms with Crippen LogP contribution in [0.4, 0.5) is 5.69 Å². The Morgan fingerprint density at radius 1 is 1.15 bits per heavy atom. The number of ether oxygens (including phenoxy) is 1. The summed E-state index contributed by atoms with van der Waals surface area (Å²) in [7, 11) is -1.36. The van der Waals surface area contributed by atoms with E-state index in [0.29, 0.717) is 11.3 Å². The first-order valence-corrected chi connectivity index (χ1v) is 8.88. The third-order valence-electron chi connectivity index (χ3n) is 3.74. The van der Waals surface area contributed by atoms with Gasteiger partial charge in [0.15, 0.2) is 0 Å². The molecule has 0 atom stereocenters. The van der Waals surface area contributed by atoms with E-state index in [1.807, 2.05) is 0 Å². The lowest BCUT2D eigenvalue weighted by Gasteiger charge is -2.21. The molecule has 2 rings (SSSR count). The van der Waals surface area contributed by atoms with Crippen molar-refractivity contribution in [1.82, 2.24) is 0 Å². The Bertz CT molecular complexity index is 938. The number of anilines is 1. The summed E-state index contributed by atoms with van der Waals surface area (Å²) in [5.41, 5.74) is 6.06. The number of carbonyl (C=O) groups excluding carboxylic acids is 1. The van der Waals surface area contributed by atoms with Crippen LogP contribution in [0.5, 0.6) is 5.75 Å². The van der Waals surface area contributed by atoms with Crippen LogP contribution in [0.25, 0.3) is 0 Å². The third kappa shape index (κ3) is 3.94. The molecule has 0 unspecified atom stereocenters. The second-order valence-corrected chi connectivity index (χ2v) is 7.38. The molecule has 8 nitrogen and oxygen atoms in total. The minimum atomic E-state index is -4.03. The number of benzene rings is 2. The molecule has 26 heavy (non-hydrogen) atoms. The van der Waals surface area contributed by atoms with Gasteiger partial charge in [-0.25, -0.2) is 8.42 Å². The summed E-state index contributed by atoms with van der Waals surface area (Å²) in [4.78, 5) is 21.9. The van der Waals surface area contributed by atoms with E-state index >= 15 is 0 Å². The Balaban J connectivity index is 2.47. The molecule has 0 heterocycles. The van der Waals surface area contributed by atoms with Crippen molar-refractivity contribution in [3.63, 3.8) is 0 Å². The Morgan fingerprint density at radius 3 is 2.27 bits per heavy atom. The van der Waals surface area contributed by atoms with Gasteiger partial charge in [-0.3, -0.25) is 13.9 Å². The number of hydrogen-bond donors (Lipinski definition) is 2. The van der Waals surface area contributed by atoms with E-state index < -0.39 is 21.9 Å². The highest BCUT2D eigenvalue weighted by molar-refractivity contribution is 7.92. The van der Waals surface area contributed by atoms with Gasteiger partial charge in [-0.05, 0) is 42.0 Å². The van der Waals surface area contributed by atoms with Crippen LogP contribution in [-0.4, -0.2) is 39.6 Å². The molecule has 2 aromatic carbocycles. The number of rotatable bonds is 7. The number of primary amides is 1. The maximum Gasteiger partial charge on any atom is 0.307 e. The number of amides is 1. The van der Waals surface area contributed by atoms with Crippen LogP contribution < -0.4 is 14.8 Å². The highest BCUT2D eigenvalue weighted by Crippen LogP contribution is 2.30. The highest BCUT2D eigenvalue weighted by Gasteiger charge is 2.26. The smallest absolute Gasteiger partial charge is 0.307 e. The first kappa shape index (κ1) is 19.3. The van der Waals surface area contributed by atoms with Gasteiger partial charge in [0.2, 0.25) is 5.91 Å². The quantitative estimate of drug-likeness (QED) is 0.746. The van der Waals surface area contributed by atoms with Gasteiger partial charge in [0, 0.05) is 12.6 Å². The highest BCUT2D eigenvalue weighted by atomic mass is 32.2. The second kappa shape index (κ2) is 7.44. The zero-order valence-corrected chi connectivity index (χ0v) is 15.0. The van der Waals surface area contributed by atoms with Crippen molar-refractivity contribution < 1.29 is 27.9 Å². The molecule has 3 N–H and O–H groups in total. The van der Waals surface area contributed by atoms with Crippen molar-refractivity contribution in [2.75, 3.05) is 18.5 Å². The molecule has 0 aromatic heterocycles. The van der Waals surface area contributed by atoms with E-state index in [1.165, 1.54) is 56.6 Å². The predicted molar refractivity (Wildman–Crippen MR) is 94.9 cm³/mol. The van der Waals surface area contributed by atoms with E-state index in [1.54, 1.807) is 0 Å². The lowest BCUT2D eigenvalue weighted by Crippen LogP contribution is -2.27. The van der Waals surface area contributed by atoms with Gasteiger partial charge in [-0.1, -0.05) is 6.07 Å². The largest absolute Gasteiger partial charge is 0.495 e. The summed E-state index contributed by atoms with van der Waals surface area (Å²) < 4.78 is 32.1. The summed E-state index contributed by atoms with van der Waals surface area (Å²) in [6.45, 7) is 0.